The minimum atomic E-state index is -0.663. The lowest BCUT2D eigenvalue weighted by Gasteiger charge is -2.18. The molecule has 0 spiro atoms. The third kappa shape index (κ3) is 4.33. The molecule has 0 saturated carbocycles. The second-order valence-electron chi connectivity index (χ2n) is 9.14. The fourth-order valence-electron chi connectivity index (χ4n) is 4.57. The first-order valence-corrected chi connectivity index (χ1v) is 12.4. The van der Waals surface area contributed by atoms with Crippen molar-refractivity contribution >= 4 is 23.0 Å². The zero-order chi connectivity index (χ0) is 27.8. The molecule has 5 heterocycles. The number of fused-ring (bicyclic) bond motifs is 2. The minimum Gasteiger partial charge on any atom is -0.381 e. The van der Waals surface area contributed by atoms with E-state index < -0.39 is 11.9 Å². The van der Waals surface area contributed by atoms with Gasteiger partial charge in [-0.05, 0) is 36.6 Å². The van der Waals surface area contributed by atoms with E-state index in [1.807, 2.05) is 37.4 Å². The molecule has 3 N–H and O–H groups in total. The molecule has 11 heteroatoms. The normalized spacial score (nSPS) is 11.8. The van der Waals surface area contributed by atoms with Crippen molar-refractivity contribution < 1.29 is 4.79 Å². The van der Waals surface area contributed by atoms with E-state index in [1.165, 1.54) is 8.92 Å². The van der Waals surface area contributed by atoms with E-state index in [1.54, 1.807) is 60.7 Å². The number of nitrogen functional groups attached to an aromatic ring is 1. The molecule has 11 nitrogen and oxygen atoms in total. The second-order valence-corrected chi connectivity index (χ2v) is 9.14. The topological polar surface area (TPSA) is 138 Å². The number of aromatic nitrogens is 7. The number of carbonyl (C=O) groups excluding carboxylic acids is 1. The molecule has 0 bridgehead atoms. The van der Waals surface area contributed by atoms with Crippen LogP contribution in [-0.4, -0.2) is 39.7 Å². The van der Waals surface area contributed by atoms with Crippen LogP contribution in [0.15, 0.2) is 84.2 Å². The maximum absolute atomic E-state index is 14.1. The summed E-state index contributed by atoms with van der Waals surface area (Å²) >= 11 is 0. The van der Waals surface area contributed by atoms with E-state index in [4.69, 9.17) is 10.7 Å². The van der Waals surface area contributed by atoms with Gasteiger partial charge in [-0.1, -0.05) is 42.3 Å². The molecular weight excluding hydrogens is 506 g/mol. The highest BCUT2D eigenvalue weighted by Crippen LogP contribution is 2.26. The maximum Gasteiger partial charge on any atom is 0.267 e. The van der Waals surface area contributed by atoms with E-state index in [-0.39, 0.29) is 16.9 Å². The summed E-state index contributed by atoms with van der Waals surface area (Å²) in [5.74, 6) is 5.71. The largest absolute Gasteiger partial charge is 0.381 e. The Labute approximate surface area is 227 Å². The zero-order valence-corrected chi connectivity index (χ0v) is 21.6. The van der Waals surface area contributed by atoms with Crippen molar-refractivity contribution in [1.29, 1.82) is 0 Å². The number of benzene rings is 1. The van der Waals surface area contributed by atoms with Gasteiger partial charge in [0.15, 0.2) is 11.5 Å². The Morgan fingerprint density at radius 3 is 2.67 bits per heavy atom. The number of nitrogens with two attached hydrogens (primary N) is 1. The highest BCUT2D eigenvalue weighted by atomic mass is 16.2. The SMILES string of the molecule is C[C@@H](NC(=O)c1c(N)nn2cccnc12)c1nc2cccc(C#Cc3cnn(C)c3)n2c(=O)c1-c1ccccc1. The fraction of sp³-hybridized carbons (Fsp3) is 0.103. The Hall–Kier alpha value is -5.76. The van der Waals surface area contributed by atoms with Crippen LogP contribution in [0.3, 0.4) is 0 Å². The Balaban J connectivity index is 1.48. The molecule has 40 heavy (non-hydrogen) atoms. The van der Waals surface area contributed by atoms with Gasteiger partial charge in [-0.3, -0.25) is 18.7 Å². The molecule has 1 amide bonds. The number of rotatable bonds is 4. The summed E-state index contributed by atoms with van der Waals surface area (Å²) in [6.07, 6.45) is 6.67. The molecule has 0 fully saturated rings. The van der Waals surface area contributed by atoms with E-state index >= 15 is 0 Å². The third-order valence-electron chi connectivity index (χ3n) is 6.39. The van der Waals surface area contributed by atoms with Crippen LogP contribution in [0.5, 0.6) is 0 Å². The summed E-state index contributed by atoms with van der Waals surface area (Å²) in [6.45, 7) is 1.77. The van der Waals surface area contributed by atoms with Gasteiger partial charge < -0.3 is 11.1 Å². The summed E-state index contributed by atoms with van der Waals surface area (Å²) in [5, 5.41) is 11.2. The molecular formula is C29H23N9O2. The van der Waals surface area contributed by atoms with Crippen molar-refractivity contribution in [3.63, 3.8) is 0 Å². The third-order valence-corrected chi connectivity index (χ3v) is 6.39. The smallest absolute Gasteiger partial charge is 0.267 e. The number of carbonyl (C=O) groups is 1. The Morgan fingerprint density at radius 1 is 1.07 bits per heavy atom. The van der Waals surface area contributed by atoms with Gasteiger partial charge in [0.1, 0.15) is 16.9 Å². The monoisotopic (exact) mass is 529 g/mol. The fourth-order valence-corrected chi connectivity index (χ4v) is 4.57. The molecule has 0 aliphatic rings. The molecule has 0 saturated heterocycles. The van der Waals surface area contributed by atoms with Crippen LogP contribution >= 0.6 is 0 Å². The van der Waals surface area contributed by atoms with Crippen LogP contribution in [0, 0.1) is 11.8 Å². The maximum atomic E-state index is 14.1. The number of anilines is 1. The summed E-state index contributed by atoms with van der Waals surface area (Å²) in [4.78, 5) is 36.6. The van der Waals surface area contributed by atoms with E-state index in [2.05, 4.69) is 32.3 Å². The predicted octanol–water partition coefficient (Wildman–Crippen LogP) is 2.61. The van der Waals surface area contributed by atoms with Crippen molar-refractivity contribution in [2.24, 2.45) is 7.05 Å². The van der Waals surface area contributed by atoms with E-state index in [0.29, 0.717) is 33.8 Å². The van der Waals surface area contributed by atoms with Crippen LogP contribution in [0.25, 0.3) is 22.4 Å². The number of hydrogen-bond donors (Lipinski definition) is 2. The molecule has 0 aliphatic heterocycles. The highest BCUT2D eigenvalue weighted by molar-refractivity contribution is 6.04. The number of pyridine rings is 1. The van der Waals surface area contributed by atoms with Crippen LogP contribution in [0.4, 0.5) is 5.82 Å². The molecule has 0 radical (unpaired) electrons. The molecule has 6 rings (SSSR count). The van der Waals surface area contributed by atoms with Crippen LogP contribution in [0.1, 0.15) is 40.3 Å². The zero-order valence-electron chi connectivity index (χ0n) is 21.6. The van der Waals surface area contributed by atoms with Gasteiger partial charge in [0.25, 0.3) is 11.5 Å². The highest BCUT2D eigenvalue weighted by Gasteiger charge is 2.25. The summed E-state index contributed by atoms with van der Waals surface area (Å²) in [5.41, 5.74) is 9.26. The molecule has 0 aliphatic carbocycles. The van der Waals surface area contributed by atoms with Gasteiger partial charge in [-0.15, -0.1) is 5.10 Å². The first-order valence-electron chi connectivity index (χ1n) is 12.4. The van der Waals surface area contributed by atoms with Crippen molar-refractivity contribution in [3.8, 4) is 23.0 Å². The van der Waals surface area contributed by atoms with Crippen molar-refractivity contribution in [2.75, 3.05) is 5.73 Å². The standard InChI is InChI=1S/C29H23N9O2/c1-18(33-28(39)24-26(30)35-37-15-7-14-31-27(24)37)25-23(20-8-4-3-5-9-20)29(40)38-21(10-6-11-22(38)34-25)13-12-19-16-32-36(2)17-19/h3-11,14-18H,1-2H3,(H2,30,35)(H,33,39)/t18-/m1/s1. The molecule has 1 atom stereocenters. The lowest BCUT2D eigenvalue weighted by atomic mass is 10.0. The Bertz CT molecular complexity index is 2030. The van der Waals surface area contributed by atoms with Gasteiger partial charge in [0.05, 0.1) is 29.1 Å². The minimum absolute atomic E-state index is 0.0510. The Kier molecular flexibility index (Phi) is 6.05. The van der Waals surface area contributed by atoms with Gasteiger partial charge >= 0.3 is 0 Å². The number of aryl methyl sites for hydroxylation is 1. The van der Waals surface area contributed by atoms with Crippen LogP contribution < -0.4 is 16.6 Å². The summed E-state index contributed by atoms with van der Waals surface area (Å²) in [7, 11) is 1.81. The number of nitrogens with one attached hydrogen (secondary N) is 1. The molecule has 1 aromatic carbocycles. The van der Waals surface area contributed by atoms with Crippen LogP contribution in [-0.2, 0) is 7.05 Å². The van der Waals surface area contributed by atoms with E-state index in [9.17, 15) is 9.59 Å². The van der Waals surface area contributed by atoms with Crippen molar-refractivity contribution in [2.45, 2.75) is 13.0 Å². The number of hydrogen-bond acceptors (Lipinski definition) is 7. The molecule has 0 unspecified atom stereocenters. The number of amides is 1. The Morgan fingerprint density at radius 2 is 1.90 bits per heavy atom. The van der Waals surface area contributed by atoms with Gasteiger partial charge in [0.2, 0.25) is 0 Å². The number of nitrogens with zero attached hydrogens (tertiary/aromatic N) is 7. The summed E-state index contributed by atoms with van der Waals surface area (Å²) < 4.78 is 4.59. The second kappa shape index (κ2) is 9.85. The first kappa shape index (κ1) is 24.6. The summed E-state index contributed by atoms with van der Waals surface area (Å²) in [6, 6.07) is 15.5. The van der Waals surface area contributed by atoms with Crippen molar-refractivity contribution in [1.82, 2.24) is 39.1 Å². The predicted molar refractivity (Wildman–Crippen MR) is 149 cm³/mol. The molecule has 6 aromatic rings. The molecule has 5 aromatic heterocycles. The van der Waals surface area contributed by atoms with Gasteiger partial charge in [-0.2, -0.15) is 5.10 Å². The van der Waals surface area contributed by atoms with Crippen molar-refractivity contribution in [3.05, 3.63) is 112 Å². The average Bonchev–Trinajstić information content (AvgIpc) is 3.53. The van der Waals surface area contributed by atoms with Crippen LogP contribution in [0.2, 0.25) is 0 Å². The lowest BCUT2D eigenvalue weighted by Crippen LogP contribution is -2.31. The van der Waals surface area contributed by atoms with Gasteiger partial charge in [0, 0.05) is 25.6 Å². The quantitative estimate of drug-likeness (QED) is 0.335. The lowest BCUT2D eigenvalue weighted by molar-refractivity contribution is 0.0941. The molecule has 196 valence electrons. The van der Waals surface area contributed by atoms with E-state index in [0.717, 1.165) is 5.56 Å². The first-order chi connectivity index (χ1) is 19.4. The average molecular weight is 530 g/mol. The van der Waals surface area contributed by atoms with Gasteiger partial charge in [-0.25, -0.2) is 14.5 Å².